The summed E-state index contributed by atoms with van der Waals surface area (Å²) in [6, 6.07) is 8.36. The molecule has 4 nitrogen and oxygen atoms in total. The van der Waals surface area contributed by atoms with Crippen molar-refractivity contribution in [1.82, 2.24) is 5.32 Å². The highest BCUT2D eigenvalue weighted by Crippen LogP contribution is 2.21. The summed E-state index contributed by atoms with van der Waals surface area (Å²) in [6.45, 7) is 5.98. The summed E-state index contributed by atoms with van der Waals surface area (Å²) in [5.41, 5.74) is 1.57. The second kappa shape index (κ2) is 7.27. The Hall–Kier alpha value is -1.66. The van der Waals surface area contributed by atoms with E-state index in [0.29, 0.717) is 11.1 Å². The zero-order chi connectivity index (χ0) is 17.0. The lowest BCUT2D eigenvalue weighted by Crippen LogP contribution is -2.40. The van der Waals surface area contributed by atoms with E-state index in [1.807, 2.05) is 32.2 Å². The number of hydrogen-bond acceptors (Lipinski definition) is 4. The van der Waals surface area contributed by atoms with Crippen molar-refractivity contribution in [3.05, 3.63) is 56.2 Å². The second-order valence-corrected chi connectivity index (χ2v) is 8.41. The first-order valence-corrected chi connectivity index (χ1v) is 8.74. The maximum Gasteiger partial charge on any atom is 0.338 e. The van der Waals surface area contributed by atoms with Gasteiger partial charge in [0.2, 0.25) is 0 Å². The molecule has 0 radical (unpaired) electrons. The first kappa shape index (κ1) is 17.7. The minimum Gasteiger partial charge on any atom is -0.457 e. The summed E-state index contributed by atoms with van der Waals surface area (Å²) in [5, 5.41) is 4.80. The van der Waals surface area contributed by atoms with Crippen molar-refractivity contribution in [1.29, 1.82) is 0 Å². The summed E-state index contributed by atoms with van der Waals surface area (Å²) in [6.07, 6.45) is 0. The van der Waals surface area contributed by atoms with Gasteiger partial charge in [-0.1, -0.05) is 0 Å². The van der Waals surface area contributed by atoms with Gasteiger partial charge in [0.25, 0.3) is 5.91 Å². The molecule has 1 N–H and O–H groups in total. The molecule has 1 heterocycles. The minimum atomic E-state index is -0.407. The van der Waals surface area contributed by atoms with Crippen molar-refractivity contribution in [2.45, 2.75) is 32.9 Å². The van der Waals surface area contributed by atoms with Crippen LogP contribution in [0.1, 0.15) is 47.1 Å². The molecule has 0 fully saturated rings. The Labute approximate surface area is 148 Å². The van der Waals surface area contributed by atoms with Gasteiger partial charge >= 0.3 is 5.97 Å². The summed E-state index contributed by atoms with van der Waals surface area (Å²) >= 11 is 4.91. The number of thiophene rings is 1. The number of esters is 1. The van der Waals surface area contributed by atoms with E-state index in [1.165, 1.54) is 0 Å². The third kappa shape index (κ3) is 5.48. The Kier molecular flexibility index (Phi) is 5.59. The van der Waals surface area contributed by atoms with E-state index in [1.54, 1.807) is 35.6 Å². The molecule has 0 spiro atoms. The molecule has 0 bridgehead atoms. The normalized spacial score (nSPS) is 11.1. The van der Waals surface area contributed by atoms with Crippen molar-refractivity contribution in [3.63, 3.8) is 0 Å². The zero-order valence-corrected chi connectivity index (χ0v) is 15.6. The number of halogens is 1. The van der Waals surface area contributed by atoms with Gasteiger partial charge in [-0.25, -0.2) is 4.79 Å². The van der Waals surface area contributed by atoms with E-state index < -0.39 is 5.97 Å². The van der Waals surface area contributed by atoms with Crippen LogP contribution < -0.4 is 5.32 Å². The first-order valence-electron chi connectivity index (χ1n) is 7.07. The Morgan fingerprint density at radius 2 is 1.78 bits per heavy atom. The van der Waals surface area contributed by atoms with Crippen LogP contribution in [0.5, 0.6) is 0 Å². The van der Waals surface area contributed by atoms with Crippen LogP contribution in [0.3, 0.4) is 0 Å². The number of carbonyl (C=O) groups excluding carboxylic acids is 2. The van der Waals surface area contributed by atoms with E-state index in [4.69, 9.17) is 4.74 Å². The number of carbonyl (C=O) groups is 2. The Bertz CT molecular complexity index is 701. The maximum absolute atomic E-state index is 12.0. The summed E-state index contributed by atoms with van der Waals surface area (Å²) in [7, 11) is 0. The molecule has 0 unspecified atom stereocenters. The van der Waals surface area contributed by atoms with Crippen LogP contribution in [-0.2, 0) is 11.3 Å². The predicted molar refractivity (Wildman–Crippen MR) is 94.8 cm³/mol. The molecule has 0 aliphatic heterocycles. The van der Waals surface area contributed by atoms with Gasteiger partial charge in [0.15, 0.2) is 0 Å². The van der Waals surface area contributed by atoms with Gasteiger partial charge in [0, 0.05) is 16.7 Å². The Morgan fingerprint density at radius 1 is 1.17 bits per heavy atom. The number of nitrogens with one attached hydrogen (secondary N) is 1. The minimum absolute atomic E-state index is 0.166. The second-order valence-electron chi connectivity index (χ2n) is 6.12. The van der Waals surface area contributed by atoms with Gasteiger partial charge in [0.05, 0.1) is 9.35 Å². The molecule has 122 valence electrons. The summed E-state index contributed by atoms with van der Waals surface area (Å²) < 4.78 is 6.25. The fourth-order valence-corrected chi connectivity index (χ4v) is 3.02. The number of hydrogen-bond donors (Lipinski definition) is 1. The SMILES string of the molecule is CC(C)(C)NC(=O)c1ccc(C(=O)OCc2csc(Br)c2)cc1. The monoisotopic (exact) mass is 395 g/mol. The number of ether oxygens (including phenoxy) is 1. The van der Waals surface area contributed by atoms with E-state index in [9.17, 15) is 9.59 Å². The highest BCUT2D eigenvalue weighted by Gasteiger charge is 2.16. The molecule has 0 atom stereocenters. The van der Waals surface area contributed by atoms with Crippen LogP contribution in [0.25, 0.3) is 0 Å². The molecule has 23 heavy (non-hydrogen) atoms. The van der Waals surface area contributed by atoms with Crippen LogP contribution in [-0.4, -0.2) is 17.4 Å². The average molecular weight is 396 g/mol. The number of benzene rings is 1. The molecule has 0 aliphatic carbocycles. The van der Waals surface area contributed by atoms with Crippen LogP contribution in [0.15, 0.2) is 39.5 Å². The highest BCUT2D eigenvalue weighted by atomic mass is 79.9. The van der Waals surface area contributed by atoms with Gasteiger partial charge in [-0.05, 0) is 72.4 Å². The van der Waals surface area contributed by atoms with Gasteiger partial charge < -0.3 is 10.1 Å². The average Bonchev–Trinajstić information content (AvgIpc) is 2.89. The molecule has 1 aromatic heterocycles. The van der Waals surface area contributed by atoms with Crippen molar-refractivity contribution >= 4 is 39.1 Å². The van der Waals surface area contributed by atoms with Crippen molar-refractivity contribution in [2.75, 3.05) is 0 Å². The Morgan fingerprint density at radius 3 is 2.30 bits per heavy atom. The maximum atomic E-state index is 12.0. The third-order valence-electron chi connectivity index (χ3n) is 2.86. The highest BCUT2D eigenvalue weighted by molar-refractivity contribution is 9.11. The van der Waals surface area contributed by atoms with Gasteiger partial charge in [-0.3, -0.25) is 4.79 Å². The molecule has 6 heteroatoms. The Balaban J connectivity index is 1.96. The molecular formula is C17H18BrNO3S. The predicted octanol–water partition coefficient (Wildman–Crippen LogP) is 4.40. The number of rotatable bonds is 4. The lowest BCUT2D eigenvalue weighted by Gasteiger charge is -2.20. The lowest BCUT2D eigenvalue weighted by molar-refractivity contribution is 0.0472. The van der Waals surface area contributed by atoms with Crippen LogP contribution in [0, 0.1) is 0 Å². The molecule has 2 rings (SSSR count). The fraction of sp³-hybridized carbons (Fsp3) is 0.294. The van der Waals surface area contributed by atoms with Crippen LogP contribution >= 0.6 is 27.3 Å². The molecule has 1 amide bonds. The molecule has 1 aromatic carbocycles. The number of amides is 1. The van der Waals surface area contributed by atoms with E-state index >= 15 is 0 Å². The van der Waals surface area contributed by atoms with Crippen LogP contribution in [0.4, 0.5) is 0 Å². The zero-order valence-electron chi connectivity index (χ0n) is 13.2. The van der Waals surface area contributed by atoms with E-state index in [2.05, 4.69) is 21.2 Å². The standard InChI is InChI=1S/C17H18BrNO3S/c1-17(2,3)19-15(20)12-4-6-13(7-5-12)16(21)22-9-11-8-14(18)23-10-11/h4-8,10H,9H2,1-3H3,(H,19,20). The summed E-state index contributed by atoms with van der Waals surface area (Å²) in [4.78, 5) is 24.0. The lowest BCUT2D eigenvalue weighted by atomic mass is 10.1. The molecule has 0 aliphatic rings. The molecule has 0 saturated heterocycles. The quantitative estimate of drug-likeness (QED) is 0.780. The summed E-state index contributed by atoms with van der Waals surface area (Å²) in [5.74, 6) is -0.573. The topological polar surface area (TPSA) is 55.4 Å². The van der Waals surface area contributed by atoms with Crippen molar-refractivity contribution in [2.24, 2.45) is 0 Å². The third-order valence-corrected chi connectivity index (χ3v) is 4.42. The fourth-order valence-electron chi connectivity index (χ4n) is 1.82. The molecule has 2 aromatic rings. The molecule has 0 saturated carbocycles. The van der Waals surface area contributed by atoms with Crippen molar-refractivity contribution in [3.8, 4) is 0 Å². The van der Waals surface area contributed by atoms with Gasteiger partial charge in [-0.15, -0.1) is 11.3 Å². The van der Waals surface area contributed by atoms with Gasteiger partial charge in [0.1, 0.15) is 6.61 Å². The van der Waals surface area contributed by atoms with Crippen molar-refractivity contribution < 1.29 is 14.3 Å². The van der Waals surface area contributed by atoms with E-state index in [0.717, 1.165) is 9.35 Å². The molecular weight excluding hydrogens is 378 g/mol. The smallest absolute Gasteiger partial charge is 0.338 e. The first-order chi connectivity index (χ1) is 10.7. The van der Waals surface area contributed by atoms with E-state index in [-0.39, 0.29) is 18.1 Å². The van der Waals surface area contributed by atoms with Crippen LogP contribution in [0.2, 0.25) is 0 Å². The largest absolute Gasteiger partial charge is 0.457 e. The van der Waals surface area contributed by atoms with Gasteiger partial charge in [-0.2, -0.15) is 0 Å².